The summed E-state index contributed by atoms with van der Waals surface area (Å²) in [5.74, 6) is 0.525. The van der Waals surface area contributed by atoms with Gasteiger partial charge in [-0.15, -0.1) is 0 Å². The minimum atomic E-state index is -0.277. The lowest BCUT2D eigenvalue weighted by atomic mass is 10.1. The minimum absolute atomic E-state index is 0.277. The van der Waals surface area contributed by atoms with Gasteiger partial charge in [-0.2, -0.15) is 0 Å². The van der Waals surface area contributed by atoms with E-state index in [4.69, 9.17) is 4.74 Å². The fourth-order valence-electron chi connectivity index (χ4n) is 1.87. The van der Waals surface area contributed by atoms with Crippen molar-refractivity contribution in [1.29, 1.82) is 0 Å². The van der Waals surface area contributed by atoms with E-state index in [1.165, 1.54) is 6.07 Å². The highest BCUT2D eigenvalue weighted by Gasteiger charge is 2.06. The Kier molecular flexibility index (Phi) is 4.43. The van der Waals surface area contributed by atoms with Crippen LogP contribution in [0.3, 0.4) is 0 Å². The van der Waals surface area contributed by atoms with Crippen LogP contribution in [0.15, 0.2) is 40.9 Å². The Hall–Kier alpha value is -1.55. The van der Waals surface area contributed by atoms with Gasteiger partial charge in [0.25, 0.3) is 0 Å². The van der Waals surface area contributed by atoms with Crippen LogP contribution in [-0.4, -0.2) is 7.11 Å². The molecule has 2 nitrogen and oxygen atoms in total. The molecule has 0 aromatic heterocycles. The van der Waals surface area contributed by atoms with E-state index in [-0.39, 0.29) is 5.82 Å². The Morgan fingerprint density at radius 2 is 2.00 bits per heavy atom. The SMILES string of the molecule is COc1ccc(C)cc1CNc1ccc(Br)cc1F. The molecule has 2 rings (SSSR count). The number of hydrogen-bond acceptors (Lipinski definition) is 2. The van der Waals surface area contributed by atoms with Crippen molar-refractivity contribution in [3.63, 3.8) is 0 Å². The number of halogens is 2. The average molecular weight is 324 g/mol. The van der Waals surface area contributed by atoms with Crippen LogP contribution in [0, 0.1) is 12.7 Å². The van der Waals surface area contributed by atoms with Crippen LogP contribution in [0.2, 0.25) is 0 Å². The monoisotopic (exact) mass is 323 g/mol. The molecule has 0 radical (unpaired) electrons. The molecule has 1 N–H and O–H groups in total. The molecule has 0 aliphatic rings. The maximum absolute atomic E-state index is 13.7. The van der Waals surface area contributed by atoms with Gasteiger partial charge in [-0.25, -0.2) is 4.39 Å². The molecule has 0 aliphatic heterocycles. The standard InChI is InChI=1S/C15H15BrFNO/c1-10-3-6-15(19-2)11(7-10)9-18-14-5-4-12(16)8-13(14)17/h3-8,18H,9H2,1-2H3. The number of nitrogens with one attached hydrogen (secondary N) is 1. The fraction of sp³-hybridized carbons (Fsp3) is 0.200. The number of methoxy groups -OCH3 is 1. The lowest BCUT2D eigenvalue weighted by Gasteiger charge is -2.12. The van der Waals surface area contributed by atoms with E-state index in [2.05, 4.69) is 21.2 Å². The molecule has 0 amide bonds. The highest BCUT2D eigenvalue weighted by atomic mass is 79.9. The van der Waals surface area contributed by atoms with E-state index < -0.39 is 0 Å². The Bertz CT molecular complexity index is 586. The summed E-state index contributed by atoms with van der Waals surface area (Å²) in [7, 11) is 1.63. The Labute approximate surface area is 120 Å². The zero-order valence-corrected chi connectivity index (χ0v) is 12.4. The van der Waals surface area contributed by atoms with Gasteiger partial charge in [0.2, 0.25) is 0 Å². The van der Waals surface area contributed by atoms with Gasteiger partial charge in [0.05, 0.1) is 12.8 Å². The molecule has 4 heteroatoms. The fourth-order valence-corrected chi connectivity index (χ4v) is 2.20. The quantitative estimate of drug-likeness (QED) is 0.893. The van der Waals surface area contributed by atoms with Gasteiger partial charge in [-0.05, 0) is 31.2 Å². The molecule has 0 spiro atoms. The van der Waals surface area contributed by atoms with Crippen LogP contribution in [0.1, 0.15) is 11.1 Å². The number of ether oxygens (including phenoxy) is 1. The largest absolute Gasteiger partial charge is 0.496 e. The topological polar surface area (TPSA) is 21.3 Å². The van der Waals surface area contributed by atoms with Crippen LogP contribution in [0.25, 0.3) is 0 Å². The summed E-state index contributed by atoms with van der Waals surface area (Å²) in [4.78, 5) is 0. The highest BCUT2D eigenvalue weighted by molar-refractivity contribution is 9.10. The average Bonchev–Trinajstić information content (AvgIpc) is 2.38. The van der Waals surface area contributed by atoms with Gasteiger partial charge in [0.15, 0.2) is 0 Å². The summed E-state index contributed by atoms with van der Waals surface area (Å²) in [6.07, 6.45) is 0. The lowest BCUT2D eigenvalue weighted by molar-refractivity contribution is 0.410. The Balaban J connectivity index is 2.16. The second kappa shape index (κ2) is 6.06. The van der Waals surface area contributed by atoms with Crippen molar-refractivity contribution in [2.75, 3.05) is 12.4 Å². The smallest absolute Gasteiger partial charge is 0.147 e. The third-order valence-electron chi connectivity index (χ3n) is 2.84. The van der Waals surface area contributed by atoms with Gasteiger partial charge < -0.3 is 10.1 Å². The van der Waals surface area contributed by atoms with Gasteiger partial charge in [-0.3, -0.25) is 0 Å². The van der Waals surface area contributed by atoms with Crippen LogP contribution in [0.5, 0.6) is 5.75 Å². The zero-order valence-electron chi connectivity index (χ0n) is 10.8. The number of hydrogen-bond donors (Lipinski definition) is 1. The lowest BCUT2D eigenvalue weighted by Crippen LogP contribution is -2.03. The molecule has 0 saturated heterocycles. The van der Waals surface area contributed by atoms with Gasteiger partial charge >= 0.3 is 0 Å². The molecular weight excluding hydrogens is 309 g/mol. The maximum Gasteiger partial charge on any atom is 0.147 e. The van der Waals surface area contributed by atoms with E-state index in [1.54, 1.807) is 19.2 Å². The summed E-state index contributed by atoms with van der Waals surface area (Å²) in [5.41, 5.74) is 2.63. The Morgan fingerprint density at radius 1 is 1.21 bits per heavy atom. The first kappa shape index (κ1) is 13.9. The summed E-state index contributed by atoms with van der Waals surface area (Å²) >= 11 is 3.24. The van der Waals surface area contributed by atoms with Gasteiger partial charge in [-0.1, -0.05) is 33.6 Å². The van der Waals surface area contributed by atoms with Crippen LogP contribution < -0.4 is 10.1 Å². The van der Waals surface area contributed by atoms with Crippen molar-refractivity contribution in [3.8, 4) is 5.75 Å². The van der Waals surface area contributed by atoms with Crippen molar-refractivity contribution in [2.45, 2.75) is 13.5 Å². The van der Waals surface area contributed by atoms with E-state index in [9.17, 15) is 4.39 Å². The van der Waals surface area contributed by atoms with Crippen molar-refractivity contribution in [2.24, 2.45) is 0 Å². The Morgan fingerprint density at radius 3 is 2.68 bits per heavy atom. The van der Waals surface area contributed by atoms with E-state index in [1.807, 2.05) is 25.1 Å². The molecule has 2 aromatic rings. The van der Waals surface area contributed by atoms with Crippen LogP contribution in [-0.2, 0) is 6.54 Å². The summed E-state index contributed by atoms with van der Waals surface area (Å²) in [6, 6.07) is 10.9. The molecule has 0 saturated carbocycles. The van der Waals surface area contributed by atoms with Crippen LogP contribution >= 0.6 is 15.9 Å². The van der Waals surface area contributed by atoms with Crippen molar-refractivity contribution < 1.29 is 9.13 Å². The first-order valence-electron chi connectivity index (χ1n) is 5.92. The second-order valence-corrected chi connectivity index (χ2v) is 5.21. The van der Waals surface area contributed by atoms with E-state index in [0.717, 1.165) is 21.3 Å². The van der Waals surface area contributed by atoms with Crippen molar-refractivity contribution in [1.82, 2.24) is 0 Å². The summed E-state index contributed by atoms with van der Waals surface area (Å²) in [6.45, 7) is 2.53. The molecule has 2 aromatic carbocycles. The minimum Gasteiger partial charge on any atom is -0.496 e. The first-order chi connectivity index (χ1) is 9.10. The first-order valence-corrected chi connectivity index (χ1v) is 6.72. The van der Waals surface area contributed by atoms with Crippen molar-refractivity contribution in [3.05, 3.63) is 57.8 Å². The van der Waals surface area contributed by atoms with E-state index in [0.29, 0.717) is 12.2 Å². The second-order valence-electron chi connectivity index (χ2n) is 4.29. The van der Waals surface area contributed by atoms with Crippen LogP contribution in [0.4, 0.5) is 10.1 Å². The summed E-state index contributed by atoms with van der Waals surface area (Å²) in [5, 5.41) is 3.08. The van der Waals surface area contributed by atoms with Crippen molar-refractivity contribution >= 4 is 21.6 Å². The normalized spacial score (nSPS) is 10.3. The molecule has 0 bridgehead atoms. The predicted molar refractivity (Wildman–Crippen MR) is 79.2 cm³/mol. The number of anilines is 1. The molecule has 0 heterocycles. The molecular formula is C15H15BrFNO. The molecule has 0 unspecified atom stereocenters. The van der Waals surface area contributed by atoms with Gasteiger partial charge in [0.1, 0.15) is 11.6 Å². The molecule has 0 aliphatic carbocycles. The number of rotatable bonds is 4. The van der Waals surface area contributed by atoms with E-state index >= 15 is 0 Å². The number of benzene rings is 2. The number of aryl methyl sites for hydroxylation is 1. The predicted octanol–water partition coefficient (Wildman–Crippen LogP) is 4.52. The summed E-state index contributed by atoms with van der Waals surface area (Å²) < 4.78 is 19.7. The molecule has 19 heavy (non-hydrogen) atoms. The third kappa shape index (κ3) is 3.47. The third-order valence-corrected chi connectivity index (χ3v) is 3.33. The molecule has 100 valence electrons. The zero-order chi connectivity index (χ0) is 13.8. The van der Waals surface area contributed by atoms with Gasteiger partial charge in [0, 0.05) is 16.6 Å². The molecule has 0 atom stereocenters. The molecule has 0 fully saturated rings. The highest BCUT2D eigenvalue weighted by Crippen LogP contribution is 2.23. The maximum atomic E-state index is 13.7.